The van der Waals surface area contributed by atoms with Gasteiger partial charge >= 0.3 is 0 Å². The first kappa shape index (κ1) is 36.2. The summed E-state index contributed by atoms with van der Waals surface area (Å²) in [5.41, 5.74) is 1.88. The Balaban J connectivity index is 1.19. The van der Waals surface area contributed by atoms with Gasteiger partial charge in [0.05, 0.1) is 18.2 Å². The lowest BCUT2D eigenvalue weighted by Gasteiger charge is -2.36. The van der Waals surface area contributed by atoms with Gasteiger partial charge in [0.1, 0.15) is 16.7 Å². The molecular formula is C37H49ClN4O5. The number of methoxy groups -OCH3 is 1. The van der Waals surface area contributed by atoms with Crippen molar-refractivity contribution < 1.29 is 24.2 Å². The number of phenolic OH excluding ortho intramolecular Hbond substituents is 1. The molecule has 10 heteroatoms. The Labute approximate surface area is 284 Å². The number of halogens is 1. The summed E-state index contributed by atoms with van der Waals surface area (Å²) in [6.07, 6.45) is 3.89. The molecule has 0 bridgehead atoms. The van der Waals surface area contributed by atoms with Gasteiger partial charge in [-0.2, -0.15) is 0 Å². The van der Waals surface area contributed by atoms with Crippen molar-refractivity contribution in [3.8, 4) is 11.5 Å². The minimum Gasteiger partial charge on any atom is -0.507 e. The van der Waals surface area contributed by atoms with Crippen LogP contribution in [-0.4, -0.2) is 88.0 Å². The van der Waals surface area contributed by atoms with E-state index in [9.17, 15) is 14.7 Å². The topological polar surface area (TPSA) is 112 Å². The molecule has 4 N–H and O–H groups in total. The summed E-state index contributed by atoms with van der Waals surface area (Å²) in [7, 11) is 5.07. The summed E-state index contributed by atoms with van der Waals surface area (Å²) in [6, 6.07) is 21.8. The van der Waals surface area contributed by atoms with E-state index in [1.165, 1.54) is 7.11 Å². The highest BCUT2D eigenvalue weighted by molar-refractivity contribution is 6.33. The van der Waals surface area contributed by atoms with Crippen molar-refractivity contribution in [2.45, 2.75) is 56.6 Å². The predicted molar refractivity (Wildman–Crippen MR) is 187 cm³/mol. The van der Waals surface area contributed by atoms with Crippen LogP contribution in [0.3, 0.4) is 0 Å². The standard InChI is InChI=1S/C37H49ClN4O5/c1-5-26-22-31(38)34(46-4)32(33(26)43)35(44)41-24-29-23-30(25-40-29)47-21-13-12-19-39-20-18-37(36(45)42(2)3,27-14-8-6-9-15-27)28-16-10-7-11-17-28/h6-11,14-17,22,29-30,39-40,43H,5,12-13,18-21,23-25H2,1-4H3,(H,41,44)/t29-,30+/m0/s1. The number of benzene rings is 3. The summed E-state index contributed by atoms with van der Waals surface area (Å²) in [5, 5.41) is 20.8. The van der Waals surface area contributed by atoms with Crippen molar-refractivity contribution in [1.29, 1.82) is 0 Å². The molecular weight excluding hydrogens is 616 g/mol. The van der Waals surface area contributed by atoms with Gasteiger partial charge in [0.25, 0.3) is 5.91 Å². The highest BCUT2D eigenvalue weighted by Gasteiger charge is 2.42. The lowest BCUT2D eigenvalue weighted by Crippen LogP contribution is -2.46. The number of carbonyl (C=O) groups excluding carboxylic acids is 2. The quantitative estimate of drug-likeness (QED) is 0.152. The number of unbranched alkanes of at least 4 members (excludes halogenated alkanes) is 1. The van der Waals surface area contributed by atoms with E-state index >= 15 is 0 Å². The Morgan fingerprint density at radius 2 is 1.70 bits per heavy atom. The van der Waals surface area contributed by atoms with E-state index in [4.69, 9.17) is 21.1 Å². The van der Waals surface area contributed by atoms with Crippen molar-refractivity contribution in [1.82, 2.24) is 20.9 Å². The fourth-order valence-corrected chi connectivity index (χ4v) is 6.67. The first-order valence-corrected chi connectivity index (χ1v) is 16.9. The van der Waals surface area contributed by atoms with Gasteiger partial charge in [0.15, 0.2) is 5.75 Å². The van der Waals surface area contributed by atoms with Crippen molar-refractivity contribution in [3.63, 3.8) is 0 Å². The number of hydrogen-bond donors (Lipinski definition) is 4. The second-order valence-corrected chi connectivity index (χ2v) is 12.6. The van der Waals surface area contributed by atoms with Crippen LogP contribution in [0, 0.1) is 0 Å². The monoisotopic (exact) mass is 664 g/mol. The Kier molecular flexibility index (Phi) is 13.5. The number of likely N-dealkylation sites (N-methyl/N-ethyl adjacent to an activating group) is 1. The average Bonchev–Trinajstić information content (AvgIpc) is 3.55. The van der Waals surface area contributed by atoms with Crippen molar-refractivity contribution >= 4 is 23.4 Å². The highest BCUT2D eigenvalue weighted by atomic mass is 35.5. The van der Waals surface area contributed by atoms with Gasteiger partial charge in [-0.15, -0.1) is 0 Å². The molecule has 0 unspecified atom stereocenters. The van der Waals surface area contributed by atoms with Crippen LogP contribution in [0.1, 0.15) is 59.7 Å². The highest BCUT2D eigenvalue weighted by Crippen LogP contribution is 2.39. The van der Waals surface area contributed by atoms with E-state index in [0.717, 1.165) is 36.9 Å². The summed E-state index contributed by atoms with van der Waals surface area (Å²) in [5.74, 6) is -0.287. The molecule has 2 amide bonds. The Morgan fingerprint density at radius 1 is 1.04 bits per heavy atom. The maximum Gasteiger partial charge on any atom is 0.258 e. The van der Waals surface area contributed by atoms with Crippen LogP contribution in [0.25, 0.3) is 0 Å². The zero-order valence-corrected chi connectivity index (χ0v) is 28.7. The zero-order valence-electron chi connectivity index (χ0n) is 28.0. The van der Waals surface area contributed by atoms with Gasteiger partial charge < -0.3 is 35.4 Å². The number of nitrogens with zero attached hydrogens (tertiary/aromatic N) is 1. The average molecular weight is 665 g/mol. The van der Waals surface area contributed by atoms with Crippen molar-refractivity contribution in [2.75, 3.05) is 54.0 Å². The number of amides is 2. The number of hydrogen-bond acceptors (Lipinski definition) is 7. The smallest absolute Gasteiger partial charge is 0.258 e. The first-order valence-electron chi connectivity index (χ1n) is 16.5. The van der Waals surface area contributed by atoms with Crippen LogP contribution in [0.2, 0.25) is 5.02 Å². The summed E-state index contributed by atoms with van der Waals surface area (Å²) >= 11 is 6.29. The maximum absolute atomic E-state index is 13.8. The van der Waals surface area contributed by atoms with Gasteiger partial charge in [-0.3, -0.25) is 9.59 Å². The van der Waals surface area contributed by atoms with Gasteiger partial charge in [0.2, 0.25) is 5.91 Å². The molecule has 1 aliphatic heterocycles. The van der Waals surface area contributed by atoms with Crippen LogP contribution in [-0.2, 0) is 21.4 Å². The molecule has 0 aliphatic carbocycles. The molecule has 1 fully saturated rings. The molecule has 0 spiro atoms. The Bertz CT molecular complexity index is 1410. The normalized spacial score (nSPS) is 16.2. The minimum atomic E-state index is -0.771. The molecule has 2 atom stereocenters. The first-order chi connectivity index (χ1) is 22.7. The van der Waals surface area contributed by atoms with E-state index in [-0.39, 0.29) is 35.1 Å². The molecule has 254 valence electrons. The van der Waals surface area contributed by atoms with Gasteiger partial charge in [0, 0.05) is 39.8 Å². The van der Waals surface area contributed by atoms with Gasteiger partial charge in [-0.1, -0.05) is 79.2 Å². The second kappa shape index (κ2) is 17.5. The molecule has 9 nitrogen and oxygen atoms in total. The third-order valence-corrected chi connectivity index (χ3v) is 9.15. The maximum atomic E-state index is 13.8. The van der Waals surface area contributed by atoms with Crippen LogP contribution >= 0.6 is 11.6 Å². The van der Waals surface area contributed by atoms with Crippen molar-refractivity contribution in [3.05, 3.63) is 94.0 Å². The molecule has 1 saturated heterocycles. The SMILES string of the molecule is CCc1cc(Cl)c(OC)c(C(=O)NC[C@@H]2C[C@@H](OCCCCNCCC(C(=O)N(C)C)(c3ccccc3)c3ccccc3)CN2)c1O. The van der Waals surface area contributed by atoms with E-state index < -0.39 is 11.3 Å². The fraction of sp³-hybridized carbons (Fsp3) is 0.459. The second-order valence-electron chi connectivity index (χ2n) is 12.2. The van der Waals surface area contributed by atoms with Crippen LogP contribution < -0.4 is 20.7 Å². The molecule has 1 aliphatic rings. The van der Waals surface area contributed by atoms with Crippen LogP contribution in [0.5, 0.6) is 11.5 Å². The number of ether oxygens (including phenoxy) is 2. The largest absolute Gasteiger partial charge is 0.507 e. The number of nitrogens with one attached hydrogen (secondary N) is 3. The molecule has 3 aromatic carbocycles. The predicted octanol–water partition coefficient (Wildman–Crippen LogP) is 4.93. The van der Waals surface area contributed by atoms with Gasteiger partial charge in [-0.05, 0) is 68.0 Å². The summed E-state index contributed by atoms with van der Waals surface area (Å²) in [6.45, 7) is 5.17. The van der Waals surface area contributed by atoms with Crippen LogP contribution in [0.4, 0.5) is 0 Å². The Morgan fingerprint density at radius 3 is 2.30 bits per heavy atom. The lowest BCUT2D eigenvalue weighted by atomic mass is 9.71. The number of aromatic hydroxyl groups is 1. The molecule has 47 heavy (non-hydrogen) atoms. The molecule has 0 saturated carbocycles. The summed E-state index contributed by atoms with van der Waals surface area (Å²) in [4.78, 5) is 28.5. The van der Waals surface area contributed by atoms with Crippen LogP contribution in [0.15, 0.2) is 66.7 Å². The molecule has 0 aromatic heterocycles. The van der Waals surface area contributed by atoms with E-state index in [2.05, 4.69) is 16.0 Å². The third kappa shape index (κ3) is 8.84. The van der Waals surface area contributed by atoms with E-state index in [0.29, 0.717) is 49.7 Å². The third-order valence-electron chi connectivity index (χ3n) is 8.87. The minimum absolute atomic E-state index is 0.0583. The van der Waals surface area contributed by atoms with E-state index in [1.807, 2.05) is 81.7 Å². The molecule has 3 aromatic rings. The number of rotatable bonds is 17. The molecule has 4 rings (SSSR count). The van der Waals surface area contributed by atoms with Crippen molar-refractivity contribution in [2.24, 2.45) is 0 Å². The lowest BCUT2D eigenvalue weighted by molar-refractivity contribution is -0.133. The summed E-state index contributed by atoms with van der Waals surface area (Å²) < 4.78 is 11.4. The molecule has 1 heterocycles. The molecule has 0 radical (unpaired) electrons. The fourth-order valence-electron chi connectivity index (χ4n) is 6.36. The Hall–Kier alpha value is -3.63. The van der Waals surface area contributed by atoms with E-state index in [1.54, 1.807) is 11.0 Å². The van der Waals surface area contributed by atoms with Gasteiger partial charge in [-0.25, -0.2) is 0 Å². The number of carbonyl (C=O) groups is 2. The number of aryl methyl sites for hydroxylation is 1. The number of phenols is 1. The zero-order chi connectivity index (χ0) is 33.8.